The molecule has 0 saturated carbocycles. The van der Waals surface area contributed by atoms with Crippen molar-refractivity contribution in [2.24, 2.45) is 0 Å². The van der Waals surface area contributed by atoms with E-state index in [1.165, 1.54) is 0 Å². The molecule has 0 radical (unpaired) electrons. The van der Waals surface area contributed by atoms with Gasteiger partial charge in [0.15, 0.2) is 11.6 Å². The van der Waals surface area contributed by atoms with Crippen LogP contribution in [-0.4, -0.2) is 6.04 Å². The number of ether oxygens (including phenoxy) is 1. The molecular weight excluding hydrogens is 272 g/mol. The molecule has 0 bridgehead atoms. The molecule has 0 fully saturated rings. The molecule has 2 nitrogen and oxygen atoms in total. The Kier molecular flexibility index (Phi) is 4.91. The Labute approximate surface area is 123 Å². The number of rotatable bonds is 5. The van der Waals surface area contributed by atoms with Crippen LogP contribution in [0.15, 0.2) is 36.4 Å². The van der Waals surface area contributed by atoms with Crippen molar-refractivity contribution in [3.8, 4) is 11.5 Å². The molecule has 0 heterocycles. The Bertz CT molecular complexity index is 626. The second-order valence-electron chi connectivity index (χ2n) is 5.31. The Morgan fingerprint density at radius 3 is 2.52 bits per heavy atom. The highest BCUT2D eigenvalue weighted by molar-refractivity contribution is 5.40. The maximum absolute atomic E-state index is 13.6. The molecule has 0 aliphatic carbocycles. The summed E-state index contributed by atoms with van der Waals surface area (Å²) in [4.78, 5) is 0. The molecule has 112 valence electrons. The first-order valence-electron chi connectivity index (χ1n) is 6.91. The fourth-order valence-corrected chi connectivity index (χ4v) is 1.86. The molecule has 0 aliphatic heterocycles. The van der Waals surface area contributed by atoms with Crippen molar-refractivity contribution in [3.05, 3.63) is 59.2 Å². The van der Waals surface area contributed by atoms with Gasteiger partial charge in [-0.25, -0.2) is 8.78 Å². The molecule has 1 N–H and O–H groups in total. The molecule has 0 unspecified atom stereocenters. The van der Waals surface area contributed by atoms with Crippen LogP contribution in [-0.2, 0) is 6.54 Å². The van der Waals surface area contributed by atoms with Crippen LogP contribution >= 0.6 is 0 Å². The van der Waals surface area contributed by atoms with E-state index in [0.29, 0.717) is 18.3 Å². The number of aryl methyl sites for hydroxylation is 1. The van der Waals surface area contributed by atoms with Crippen molar-refractivity contribution >= 4 is 0 Å². The molecule has 21 heavy (non-hydrogen) atoms. The lowest BCUT2D eigenvalue weighted by molar-refractivity contribution is 0.433. The summed E-state index contributed by atoms with van der Waals surface area (Å²) in [6, 6.07) is 9.28. The van der Waals surface area contributed by atoms with Gasteiger partial charge in [0.25, 0.3) is 0 Å². The molecule has 0 aliphatic rings. The van der Waals surface area contributed by atoms with Gasteiger partial charge in [-0.3, -0.25) is 0 Å². The SMILES string of the molecule is Cc1ccc(CNC(C)C)cc1Oc1cc(F)ccc1F. The van der Waals surface area contributed by atoms with Crippen LogP contribution in [0.4, 0.5) is 8.78 Å². The monoisotopic (exact) mass is 291 g/mol. The number of halogens is 2. The molecule has 2 aromatic carbocycles. The molecule has 2 rings (SSSR count). The van der Waals surface area contributed by atoms with E-state index in [-0.39, 0.29) is 5.75 Å². The standard InChI is InChI=1S/C17H19F2NO/c1-11(2)20-10-13-5-4-12(3)16(8-13)21-17-9-14(18)6-7-15(17)19/h4-9,11,20H,10H2,1-3H3. The largest absolute Gasteiger partial charge is 0.454 e. The first kappa shape index (κ1) is 15.4. The zero-order valence-electron chi connectivity index (χ0n) is 12.4. The molecule has 4 heteroatoms. The third-order valence-electron chi connectivity index (χ3n) is 3.08. The van der Waals surface area contributed by atoms with Crippen molar-refractivity contribution in [2.45, 2.75) is 33.4 Å². The Morgan fingerprint density at radius 2 is 1.81 bits per heavy atom. The van der Waals surface area contributed by atoms with E-state index in [4.69, 9.17) is 4.74 Å². The topological polar surface area (TPSA) is 21.3 Å². The summed E-state index contributed by atoms with van der Waals surface area (Å²) in [5.41, 5.74) is 1.90. The minimum absolute atomic E-state index is 0.105. The second kappa shape index (κ2) is 6.68. The molecule has 0 spiro atoms. The highest BCUT2D eigenvalue weighted by Gasteiger charge is 2.09. The predicted octanol–water partition coefficient (Wildman–Crippen LogP) is 4.56. The zero-order chi connectivity index (χ0) is 15.4. The third kappa shape index (κ3) is 4.26. The molecule has 0 amide bonds. The number of nitrogens with one attached hydrogen (secondary N) is 1. The van der Waals surface area contributed by atoms with Crippen LogP contribution in [0, 0.1) is 18.6 Å². The average molecular weight is 291 g/mol. The first-order chi connectivity index (χ1) is 9.95. The second-order valence-corrected chi connectivity index (χ2v) is 5.31. The Hall–Kier alpha value is -1.94. The van der Waals surface area contributed by atoms with Gasteiger partial charge >= 0.3 is 0 Å². The van der Waals surface area contributed by atoms with Crippen molar-refractivity contribution in [1.82, 2.24) is 5.32 Å². The van der Waals surface area contributed by atoms with Crippen LogP contribution in [0.2, 0.25) is 0 Å². The number of benzene rings is 2. The fraction of sp³-hybridized carbons (Fsp3) is 0.294. The van der Waals surface area contributed by atoms with Crippen molar-refractivity contribution in [2.75, 3.05) is 0 Å². The minimum atomic E-state index is -0.582. The van der Waals surface area contributed by atoms with Gasteiger partial charge in [0.05, 0.1) is 0 Å². The highest BCUT2D eigenvalue weighted by atomic mass is 19.1. The maximum Gasteiger partial charge on any atom is 0.165 e. The minimum Gasteiger partial charge on any atom is -0.454 e. The summed E-state index contributed by atoms with van der Waals surface area (Å²) in [6.45, 7) is 6.69. The van der Waals surface area contributed by atoms with E-state index < -0.39 is 11.6 Å². The lowest BCUT2D eigenvalue weighted by Gasteiger charge is -2.13. The summed E-state index contributed by atoms with van der Waals surface area (Å²) in [5.74, 6) is -0.683. The smallest absolute Gasteiger partial charge is 0.165 e. The van der Waals surface area contributed by atoms with Gasteiger partial charge in [-0.2, -0.15) is 0 Å². The highest BCUT2D eigenvalue weighted by Crippen LogP contribution is 2.28. The Morgan fingerprint density at radius 1 is 1.05 bits per heavy atom. The zero-order valence-corrected chi connectivity index (χ0v) is 12.4. The quantitative estimate of drug-likeness (QED) is 0.871. The summed E-state index contributed by atoms with van der Waals surface area (Å²) in [6.07, 6.45) is 0. The van der Waals surface area contributed by atoms with Crippen molar-refractivity contribution in [3.63, 3.8) is 0 Å². The molecule has 2 aromatic rings. The third-order valence-corrected chi connectivity index (χ3v) is 3.08. The van der Waals surface area contributed by atoms with Gasteiger partial charge in [-0.15, -0.1) is 0 Å². The van der Waals surface area contributed by atoms with E-state index in [0.717, 1.165) is 29.3 Å². The number of hydrogen-bond acceptors (Lipinski definition) is 2. The summed E-state index contributed by atoms with van der Waals surface area (Å²) < 4.78 is 32.3. The molecule has 0 atom stereocenters. The van der Waals surface area contributed by atoms with Crippen molar-refractivity contribution < 1.29 is 13.5 Å². The maximum atomic E-state index is 13.6. The van der Waals surface area contributed by atoms with E-state index in [1.807, 2.05) is 25.1 Å². The summed E-state index contributed by atoms with van der Waals surface area (Å²) in [5, 5.41) is 3.30. The normalized spacial score (nSPS) is 11.0. The van der Waals surface area contributed by atoms with Gasteiger partial charge in [0.2, 0.25) is 0 Å². The predicted molar refractivity (Wildman–Crippen MR) is 79.6 cm³/mol. The summed E-state index contributed by atoms with van der Waals surface area (Å²) in [7, 11) is 0. The van der Waals surface area contributed by atoms with Crippen molar-refractivity contribution in [1.29, 1.82) is 0 Å². The lowest BCUT2D eigenvalue weighted by Crippen LogP contribution is -2.21. The van der Waals surface area contributed by atoms with Crippen LogP contribution in [0.5, 0.6) is 11.5 Å². The van der Waals surface area contributed by atoms with Crippen LogP contribution in [0.1, 0.15) is 25.0 Å². The van der Waals surface area contributed by atoms with E-state index in [2.05, 4.69) is 19.2 Å². The van der Waals surface area contributed by atoms with Crippen LogP contribution in [0.3, 0.4) is 0 Å². The molecule has 0 saturated heterocycles. The number of hydrogen-bond donors (Lipinski definition) is 1. The fourth-order valence-electron chi connectivity index (χ4n) is 1.86. The van der Waals surface area contributed by atoms with Crippen LogP contribution in [0.25, 0.3) is 0 Å². The van der Waals surface area contributed by atoms with E-state index in [9.17, 15) is 8.78 Å². The van der Waals surface area contributed by atoms with Gasteiger partial charge in [-0.1, -0.05) is 26.0 Å². The van der Waals surface area contributed by atoms with Gasteiger partial charge in [-0.05, 0) is 36.2 Å². The van der Waals surface area contributed by atoms with Gasteiger partial charge in [0.1, 0.15) is 11.6 Å². The average Bonchev–Trinajstić information content (AvgIpc) is 2.43. The summed E-state index contributed by atoms with van der Waals surface area (Å²) >= 11 is 0. The van der Waals surface area contributed by atoms with E-state index in [1.54, 1.807) is 0 Å². The first-order valence-corrected chi connectivity index (χ1v) is 6.91. The molecular formula is C17H19F2NO. The Balaban J connectivity index is 2.22. The van der Waals surface area contributed by atoms with Gasteiger partial charge in [0, 0.05) is 18.7 Å². The lowest BCUT2D eigenvalue weighted by atomic mass is 10.1. The van der Waals surface area contributed by atoms with Gasteiger partial charge < -0.3 is 10.1 Å². The molecule has 0 aromatic heterocycles. The van der Waals surface area contributed by atoms with E-state index >= 15 is 0 Å². The van der Waals surface area contributed by atoms with Crippen LogP contribution < -0.4 is 10.1 Å².